The average molecular weight is 414 g/mol. The fourth-order valence-electron chi connectivity index (χ4n) is 1.57. The third-order valence-corrected chi connectivity index (χ3v) is 3.84. The summed E-state index contributed by atoms with van der Waals surface area (Å²) in [5, 5.41) is 13.2. The van der Waals surface area contributed by atoms with Crippen molar-refractivity contribution in [2.75, 3.05) is 13.6 Å². The van der Waals surface area contributed by atoms with Gasteiger partial charge in [0.25, 0.3) is 5.91 Å². The maximum absolute atomic E-state index is 12.1. The summed E-state index contributed by atoms with van der Waals surface area (Å²) in [6.45, 7) is 8.42. The van der Waals surface area contributed by atoms with E-state index < -0.39 is 59.2 Å². The van der Waals surface area contributed by atoms with E-state index in [-0.39, 0.29) is 0 Å². The normalized spacial score (nSPS) is 11.3. The van der Waals surface area contributed by atoms with Gasteiger partial charge < -0.3 is 16.0 Å². The van der Waals surface area contributed by atoms with E-state index in [4.69, 9.17) is 0 Å². The molecule has 8 amide bonds. The highest BCUT2D eigenvalue weighted by Gasteiger charge is 2.31. The Bertz CT molecular complexity index is 686. The minimum atomic E-state index is -1.52. The predicted octanol–water partition coefficient (Wildman–Crippen LogP) is -1.29. The Morgan fingerprint density at radius 1 is 0.759 bits per heavy atom. The molecule has 0 aliphatic carbocycles. The van der Waals surface area contributed by atoms with Crippen molar-refractivity contribution in [3.05, 3.63) is 0 Å². The number of nitrogens with one attached hydrogen (secondary N) is 6. The standard InChI is InChI=1S/C17H30N6O6/c1-9(2)11(25)20-15(29)22-13(27)17(5,6)23-10(24)8-19-14(28)21-12(26)16(3,4)18-7/h9,18H,8H2,1-7H3,(H,23,24)(H2,19,21,26,28)(H2,20,22,25,27,29). The highest BCUT2D eigenvalue weighted by molar-refractivity contribution is 6.06. The fourth-order valence-corrected chi connectivity index (χ4v) is 1.57. The van der Waals surface area contributed by atoms with Crippen LogP contribution in [0.4, 0.5) is 9.59 Å². The Labute approximate surface area is 169 Å². The molecule has 0 aromatic carbocycles. The molecule has 12 nitrogen and oxygen atoms in total. The van der Waals surface area contributed by atoms with Crippen LogP contribution in [0.2, 0.25) is 0 Å². The predicted molar refractivity (Wildman–Crippen MR) is 103 cm³/mol. The second kappa shape index (κ2) is 10.5. The highest BCUT2D eigenvalue weighted by Crippen LogP contribution is 2.02. The number of carbonyl (C=O) groups is 6. The van der Waals surface area contributed by atoms with Crippen molar-refractivity contribution in [3.63, 3.8) is 0 Å². The zero-order valence-corrected chi connectivity index (χ0v) is 17.7. The molecule has 0 saturated heterocycles. The van der Waals surface area contributed by atoms with E-state index in [0.717, 1.165) is 0 Å². The first-order chi connectivity index (χ1) is 13.1. The van der Waals surface area contributed by atoms with Crippen LogP contribution in [0.5, 0.6) is 0 Å². The Kier molecular flexibility index (Phi) is 9.41. The first-order valence-electron chi connectivity index (χ1n) is 8.88. The molecule has 0 rings (SSSR count). The van der Waals surface area contributed by atoms with Gasteiger partial charge in [-0.25, -0.2) is 9.59 Å². The van der Waals surface area contributed by atoms with E-state index in [0.29, 0.717) is 0 Å². The van der Waals surface area contributed by atoms with Crippen LogP contribution < -0.4 is 31.9 Å². The van der Waals surface area contributed by atoms with Gasteiger partial charge in [0.1, 0.15) is 5.54 Å². The fraction of sp³-hybridized carbons (Fsp3) is 0.647. The van der Waals surface area contributed by atoms with Gasteiger partial charge in [0.15, 0.2) is 0 Å². The molecule has 0 fully saturated rings. The molecule has 0 saturated carbocycles. The molecule has 12 heteroatoms. The van der Waals surface area contributed by atoms with E-state index in [1.165, 1.54) is 13.8 Å². The third-order valence-electron chi connectivity index (χ3n) is 3.84. The molecule has 0 unspecified atom stereocenters. The number of hydrogen-bond acceptors (Lipinski definition) is 7. The largest absolute Gasteiger partial charge is 0.341 e. The van der Waals surface area contributed by atoms with Crippen LogP contribution in [0.25, 0.3) is 0 Å². The number of imide groups is 3. The molecular weight excluding hydrogens is 384 g/mol. The molecule has 0 aliphatic heterocycles. The minimum Gasteiger partial charge on any atom is -0.341 e. The Morgan fingerprint density at radius 3 is 1.72 bits per heavy atom. The lowest BCUT2D eigenvalue weighted by atomic mass is 10.0. The molecule has 0 aromatic rings. The highest BCUT2D eigenvalue weighted by atomic mass is 16.2. The van der Waals surface area contributed by atoms with E-state index in [1.807, 2.05) is 10.6 Å². The van der Waals surface area contributed by atoms with Crippen molar-refractivity contribution in [3.8, 4) is 0 Å². The van der Waals surface area contributed by atoms with Crippen LogP contribution in [0.15, 0.2) is 0 Å². The van der Waals surface area contributed by atoms with Gasteiger partial charge in [-0.1, -0.05) is 13.8 Å². The second-order valence-corrected chi connectivity index (χ2v) is 7.61. The quantitative estimate of drug-likeness (QED) is 0.300. The first kappa shape index (κ1) is 26.0. The number of carbonyl (C=O) groups excluding carboxylic acids is 6. The Hall–Kier alpha value is -3.02. The van der Waals surface area contributed by atoms with E-state index in [1.54, 1.807) is 34.7 Å². The summed E-state index contributed by atoms with van der Waals surface area (Å²) >= 11 is 0. The van der Waals surface area contributed by atoms with Gasteiger partial charge in [-0.3, -0.25) is 35.1 Å². The summed E-state index contributed by atoms with van der Waals surface area (Å²) in [4.78, 5) is 70.7. The summed E-state index contributed by atoms with van der Waals surface area (Å²) < 4.78 is 0. The topological polar surface area (TPSA) is 175 Å². The summed E-state index contributed by atoms with van der Waals surface area (Å²) in [7, 11) is 1.55. The number of hydrogen-bond donors (Lipinski definition) is 6. The van der Waals surface area contributed by atoms with Gasteiger partial charge in [0, 0.05) is 5.92 Å². The van der Waals surface area contributed by atoms with Gasteiger partial charge in [-0.05, 0) is 34.7 Å². The van der Waals surface area contributed by atoms with Gasteiger partial charge in [0.05, 0.1) is 12.1 Å². The van der Waals surface area contributed by atoms with Crippen molar-refractivity contribution in [1.82, 2.24) is 31.9 Å². The number of amides is 8. The van der Waals surface area contributed by atoms with Crippen molar-refractivity contribution < 1.29 is 28.8 Å². The lowest BCUT2D eigenvalue weighted by molar-refractivity contribution is -0.131. The van der Waals surface area contributed by atoms with Gasteiger partial charge >= 0.3 is 12.1 Å². The lowest BCUT2D eigenvalue weighted by Gasteiger charge is -2.25. The van der Waals surface area contributed by atoms with Gasteiger partial charge in [0.2, 0.25) is 17.7 Å². The first-order valence-corrected chi connectivity index (χ1v) is 8.88. The summed E-state index contributed by atoms with van der Waals surface area (Å²) in [6, 6.07) is -1.90. The van der Waals surface area contributed by atoms with E-state index in [9.17, 15) is 28.8 Å². The van der Waals surface area contributed by atoms with Crippen LogP contribution in [-0.4, -0.2) is 60.4 Å². The van der Waals surface area contributed by atoms with Crippen molar-refractivity contribution in [2.24, 2.45) is 5.92 Å². The molecule has 0 aliphatic rings. The van der Waals surface area contributed by atoms with Crippen molar-refractivity contribution >= 4 is 35.7 Å². The molecule has 164 valence electrons. The van der Waals surface area contributed by atoms with E-state index in [2.05, 4.69) is 21.3 Å². The monoisotopic (exact) mass is 414 g/mol. The Morgan fingerprint density at radius 2 is 1.24 bits per heavy atom. The molecule has 0 aromatic heterocycles. The molecule has 0 spiro atoms. The number of urea groups is 2. The number of likely N-dealkylation sites (N-methyl/N-ethyl adjacent to an activating group) is 1. The maximum Gasteiger partial charge on any atom is 0.328 e. The molecule has 0 heterocycles. The minimum absolute atomic E-state index is 0.452. The van der Waals surface area contributed by atoms with Crippen LogP contribution >= 0.6 is 0 Å². The van der Waals surface area contributed by atoms with Gasteiger partial charge in [-0.2, -0.15) is 0 Å². The molecular formula is C17H30N6O6. The Balaban J connectivity index is 4.57. The molecule has 0 radical (unpaired) electrons. The zero-order valence-electron chi connectivity index (χ0n) is 17.7. The van der Waals surface area contributed by atoms with Crippen molar-refractivity contribution in [2.45, 2.75) is 52.6 Å². The summed E-state index contributed by atoms with van der Waals surface area (Å²) in [5.41, 5.74) is -2.51. The lowest BCUT2D eigenvalue weighted by Crippen LogP contribution is -2.59. The maximum atomic E-state index is 12.1. The molecule has 0 bridgehead atoms. The zero-order chi connectivity index (χ0) is 23.0. The average Bonchev–Trinajstić information content (AvgIpc) is 2.59. The molecule has 0 atom stereocenters. The van der Waals surface area contributed by atoms with Gasteiger partial charge in [-0.15, -0.1) is 0 Å². The van der Waals surface area contributed by atoms with E-state index >= 15 is 0 Å². The second-order valence-electron chi connectivity index (χ2n) is 7.61. The van der Waals surface area contributed by atoms with Crippen molar-refractivity contribution in [1.29, 1.82) is 0 Å². The van der Waals surface area contributed by atoms with Crippen LogP contribution in [-0.2, 0) is 19.2 Å². The van der Waals surface area contributed by atoms with Crippen LogP contribution in [0.1, 0.15) is 41.5 Å². The van der Waals surface area contributed by atoms with Crippen LogP contribution in [0.3, 0.4) is 0 Å². The number of rotatable bonds is 7. The summed E-state index contributed by atoms with van der Waals surface area (Å²) in [5.74, 6) is -3.22. The smallest absolute Gasteiger partial charge is 0.328 e. The molecule has 29 heavy (non-hydrogen) atoms. The third kappa shape index (κ3) is 9.14. The summed E-state index contributed by atoms with van der Waals surface area (Å²) in [6.07, 6.45) is 0. The van der Waals surface area contributed by atoms with Crippen LogP contribution in [0, 0.1) is 5.92 Å². The molecule has 6 N–H and O–H groups in total. The SMILES string of the molecule is CNC(C)(C)C(=O)NC(=O)NCC(=O)NC(C)(C)C(=O)NC(=O)NC(=O)C(C)C.